The van der Waals surface area contributed by atoms with Crippen LogP contribution >= 0.6 is 11.8 Å². The number of H-pyrrole nitrogens is 1. The summed E-state index contributed by atoms with van der Waals surface area (Å²) in [4.78, 5) is 19.2. The quantitative estimate of drug-likeness (QED) is 0.595. The van der Waals surface area contributed by atoms with Gasteiger partial charge in [0, 0.05) is 23.6 Å². The van der Waals surface area contributed by atoms with Crippen LogP contribution < -0.4 is 0 Å². The number of ether oxygens (including phenoxy) is 1. The van der Waals surface area contributed by atoms with Crippen molar-refractivity contribution in [2.24, 2.45) is 0 Å². The second-order valence-electron chi connectivity index (χ2n) is 5.36. The number of imidazole rings is 1. The first-order valence-corrected chi connectivity index (χ1v) is 8.17. The minimum atomic E-state index is -0.393. The summed E-state index contributed by atoms with van der Waals surface area (Å²) in [6, 6.07) is 6.57. The third-order valence-corrected chi connectivity index (χ3v) is 4.27. The topological polar surface area (TPSA) is 81.1 Å². The Morgan fingerprint density at radius 3 is 2.78 bits per heavy atom. The summed E-state index contributed by atoms with van der Waals surface area (Å²) in [5.74, 6) is 0.971. The largest absolute Gasteiger partial charge is 0.371 e. The lowest BCUT2D eigenvalue weighted by Crippen LogP contribution is -2.01. The van der Waals surface area contributed by atoms with Crippen molar-refractivity contribution < 1.29 is 9.66 Å². The number of rotatable bonds is 7. The van der Waals surface area contributed by atoms with Crippen molar-refractivity contribution in [3.63, 3.8) is 0 Å². The van der Waals surface area contributed by atoms with Crippen LogP contribution in [0.2, 0.25) is 0 Å². The first-order valence-electron chi connectivity index (χ1n) is 7.35. The molecule has 1 aromatic carbocycles. The third-order valence-electron chi connectivity index (χ3n) is 3.26. The highest BCUT2D eigenvalue weighted by Crippen LogP contribution is 2.35. The van der Waals surface area contributed by atoms with E-state index in [1.807, 2.05) is 13.0 Å². The summed E-state index contributed by atoms with van der Waals surface area (Å²) in [6.07, 6.45) is -0.176. The molecule has 6 nitrogen and oxygen atoms in total. The monoisotopic (exact) mass is 334 g/mol. The molecule has 1 N–H and O–H groups in total. The normalized spacial score (nSPS) is 12.6. The standard InChI is InChI=1S/C16H20N3O3S/c1-5-22-11(4)15-17-14(10(2)3)16(18-15)23-13-8-6-7-12(9-13)19(20)21/h6-11H,1,5H2,2-4H3,(H,17,18). The number of non-ortho nitro benzene ring substituents is 1. The lowest BCUT2D eigenvalue weighted by molar-refractivity contribution is -0.385. The summed E-state index contributed by atoms with van der Waals surface area (Å²) < 4.78 is 5.47. The molecule has 1 atom stereocenters. The first-order chi connectivity index (χ1) is 10.9. The molecule has 1 aromatic heterocycles. The van der Waals surface area contributed by atoms with Crippen LogP contribution in [-0.2, 0) is 4.74 Å². The Hall–Kier alpha value is -1.86. The van der Waals surface area contributed by atoms with E-state index >= 15 is 0 Å². The molecule has 7 heteroatoms. The summed E-state index contributed by atoms with van der Waals surface area (Å²) in [7, 11) is 0. The molecule has 0 aliphatic heterocycles. The van der Waals surface area contributed by atoms with Gasteiger partial charge in [-0.15, -0.1) is 0 Å². The van der Waals surface area contributed by atoms with Gasteiger partial charge in [0.1, 0.15) is 17.0 Å². The number of aromatic amines is 1. The van der Waals surface area contributed by atoms with Crippen molar-refractivity contribution in [3.05, 3.63) is 52.8 Å². The fourth-order valence-corrected chi connectivity index (χ4v) is 3.19. The number of hydrogen-bond donors (Lipinski definition) is 1. The molecule has 23 heavy (non-hydrogen) atoms. The molecule has 123 valence electrons. The van der Waals surface area contributed by atoms with Crippen LogP contribution in [0.3, 0.4) is 0 Å². The fraction of sp³-hybridized carbons (Fsp3) is 0.375. The second kappa shape index (κ2) is 7.61. The average molecular weight is 334 g/mol. The molecule has 2 aromatic rings. The fourth-order valence-electron chi connectivity index (χ4n) is 2.08. The molecule has 0 aliphatic carbocycles. The molecule has 0 amide bonds. The van der Waals surface area contributed by atoms with E-state index in [1.54, 1.807) is 12.1 Å². The molecule has 0 saturated carbocycles. The van der Waals surface area contributed by atoms with Gasteiger partial charge in [0.2, 0.25) is 0 Å². The lowest BCUT2D eigenvalue weighted by atomic mass is 10.2. The number of aromatic nitrogens is 2. The van der Waals surface area contributed by atoms with Gasteiger partial charge in [-0.2, -0.15) is 0 Å². The first kappa shape index (κ1) is 17.5. The maximum atomic E-state index is 10.9. The average Bonchev–Trinajstić information content (AvgIpc) is 2.92. The Morgan fingerprint density at radius 2 is 2.17 bits per heavy atom. The molecule has 0 fully saturated rings. The predicted octanol–water partition coefficient (Wildman–Crippen LogP) is 4.50. The molecular formula is C16H20N3O3S. The van der Waals surface area contributed by atoms with Gasteiger partial charge < -0.3 is 9.72 Å². The number of nitrogens with zero attached hydrogens (tertiary/aromatic N) is 2. The van der Waals surface area contributed by atoms with Crippen molar-refractivity contribution >= 4 is 17.4 Å². The zero-order valence-electron chi connectivity index (χ0n) is 13.4. The Kier molecular flexibility index (Phi) is 5.79. The van der Waals surface area contributed by atoms with Gasteiger partial charge in [-0.1, -0.05) is 31.7 Å². The van der Waals surface area contributed by atoms with Crippen LogP contribution in [0.5, 0.6) is 0 Å². The van der Waals surface area contributed by atoms with E-state index in [2.05, 4.69) is 30.7 Å². The van der Waals surface area contributed by atoms with Crippen LogP contribution in [0.25, 0.3) is 0 Å². The summed E-state index contributed by atoms with van der Waals surface area (Å²) >= 11 is 1.44. The maximum Gasteiger partial charge on any atom is 0.270 e. The van der Waals surface area contributed by atoms with Crippen LogP contribution in [0.15, 0.2) is 34.2 Å². The van der Waals surface area contributed by atoms with Gasteiger partial charge in [0.05, 0.1) is 10.6 Å². The van der Waals surface area contributed by atoms with Crippen LogP contribution in [-0.4, -0.2) is 21.5 Å². The number of nitro groups is 1. The third kappa shape index (κ3) is 4.33. The molecule has 1 unspecified atom stereocenters. The Bertz CT molecular complexity index is 685. The lowest BCUT2D eigenvalue weighted by Gasteiger charge is -2.07. The highest BCUT2D eigenvalue weighted by atomic mass is 32.2. The zero-order valence-corrected chi connectivity index (χ0v) is 14.2. The molecule has 1 heterocycles. The number of nitro benzene ring substituents is 1. The molecule has 0 aliphatic rings. The van der Waals surface area contributed by atoms with Crippen molar-refractivity contribution in [1.82, 2.24) is 9.97 Å². The van der Waals surface area contributed by atoms with Crippen molar-refractivity contribution in [1.29, 1.82) is 0 Å². The second-order valence-corrected chi connectivity index (χ2v) is 6.44. The Labute approximate surface area is 139 Å². The van der Waals surface area contributed by atoms with E-state index in [0.717, 1.165) is 21.4 Å². The van der Waals surface area contributed by atoms with Gasteiger partial charge in [0.25, 0.3) is 5.69 Å². The van der Waals surface area contributed by atoms with Crippen LogP contribution in [0, 0.1) is 17.0 Å². The molecule has 0 spiro atoms. The van der Waals surface area contributed by atoms with E-state index < -0.39 is 4.92 Å². The maximum absolute atomic E-state index is 10.9. The van der Waals surface area contributed by atoms with E-state index in [1.165, 1.54) is 17.8 Å². The molecule has 1 radical (unpaired) electrons. The molecular weight excluding hydrogens is 314 g/mol. The SMILES string of the molecule is [CH2]COC(C)c1nc(C(C)C)c(Sc2cccc([N+](=O)[O-])c2)[nH]1. The predicted molar refractivity (Wildman–Crippen MR) is 89.6 cm³/mol. The smallest absolute Gasteiger partial charge is 0.270 e. The van der Waals surface area contributed by atoms with Crippen molar-refractivity contribution in [3.8, 4) is 0 Å². The van der Waals surface area contributed by atoms with Crippen LogP contribution in [0.1, 0.15) is 44.3 Å². The highest BCUT2D eigenvalue weighted by molar-refractivity contribution is 7.99. The molecule has 0 saturated heterocycles. The summed E-state index contributed by atoms with van der Waals surface area (Å²) in [5, 5.41) is 11.8. The van der Waals surface area contributed by atoms with Crippen LogP contribution in [0.4, 0.5) is 5.69 Å². The number of hydrogen-bond acceptors (Lipinski definition) is 5. The minimum absolute atomic E-state index is 0.0783. The van der Waals surface area contributed by atoms with Gasteiger partial charge in [-0.25, -0.2) is 4.98 Å². The Morgan fingerprint density at radius 1 is 1.43 bits per heavy atom. The Balaban J connectivity index is 2.31. The van der Waals surface area contributed by atoms with Gasteiger partial charge in [-0.05, 0) is 25.8 Å². The molecule has 0 bridgehead atoms. The van der Waals surface area contributed by atoms with Gasteiger partial charge in [0.15, 0.2) is 0 Å². The number of benzene rings is 1. The van der Waals surface area contributed by atoms with Crippen molar-refractivity contribution in [2.45, 2.75) is 42.7 Å². The summed E-state index contributed by atoms with van der Waals surface area (Å²) in [6.45, 7) is 10.1. The van der Waals surface area contributed by atoms with E-state index in [0.29, 0.717) is 6.61 Å². The van der Waals surface area contributed by atoms with E-state index in [4.69, 9.17) is 4.74 Å². The summed E-state index contributed by atoms with van der Waals surface area (Å²) in [5.41, 5.74) is 1.01. The number of nitrogens with one attached hydrogen (secondary N) is 1. The minimum Gasteiger partial charge on any atom is -0.371 e. The highest BCUT2D eigenvalue weighted by Gasteiger charge is 2.19. The van der Waals surface area contributed by atoms with Gasteiger partial charge in [-0.3, -0.25) is 10.1 Å². The zero-order chi connectivity index (χ0) is 17.0. The van der Waals surface area contributed by atoms with Gasteiger partial charge >= 0.3 is 0 Å². The van der Waals surface area contributed by atoms with Crippen molar-refractivity contribution in [2.75, 3.05) is 6.61 Å². The molecule has 2 rings (SSSR count). The van der Waals surface area contributed by atoms with E-state index in [-0.39, 0.29) is 17.7 Å². The van der Waals surface area contributed by atoms with E-state index in [9.17, 15) is 10.1 Å².